The molecule has 0 amide bonds. The van der Waals surface area contributed by atoms with E-state index in [1.165, 1.54) is 0 Å². The van der Waals surface area contributed by atoms with Crippen LogP contribution in [0.15, 0.2) is 17.0 Å². The average Bonchev–Trinajstić information content (AvgIpc) is 2.35. The van der Waals surface area contributed by atoms with E-state index in [2.05, 4.69) is 18.6 Å². The van der Waals surface area contributed by atoms with Crippen LogP contribution in [0.4, 0.5) is 5.69 Å². The van der Waals surface area contributed by atoms with Gasteiger partial charge in [-0.15, -0.1) is 0 Å². The smallest absolute Gasteiger partial charge is 0.243 e. The lowest BCUT2D eigenvalue weighted by Gasteiger charge is -2.23. The Hall–Kier alpha value is -1.07. The van der Waals surface area contributed by atoms with E-state index < -0.39 is 10.0 Å². The number of hydrogen-bond acceptors (Lipinski definition) is 3. The van der Waals surface area contributed by atoms with Gasteiger partial charge in [-0.3, -0.25) is 0 Å². The van der Waals surface area contributed by atoms with Crippen molar-refractivity contribution in [1.82, 2.24) is 4.72 Å². The van der Waals surface area contributed by atoms with Crippen LogP contribution in [0.2, 0.25) is 0 Å². The van der Waals surface area contributed by atoms with Crippen molar-refractivity contribution in [2.45, 2.75) is 58.4 Å². The fraction of sp³-hybridized carbons (Fsp3) is 0.600. The first-order valence-electron chi connectivity index (χ1n) is 7.12. The molecule has 0 saturated carbocycles. The van der Waals surface area contributed by atoms with E-state index >= 15 is 0 Å². The van der Waals surface area contributed by atoms with E-state index in [0.717, 1.165) is 18.4 Å². The molecule has 0 aromatic heterocycles. The first-order chi connectivity index (χ1) is 9.24. The van der Waals surface area contributed by atoms with Gasteiger partial charge in [0, 0.05) is 6.04 Å². The van der Waals surface area contributed by atoms with Gasteiger partial charge in [0.1, 0.15) is 4.90 Å². The van der Waals surface area contributed by atoms with Crippen molar-refractivity contribution in [1.29, 1.82) is 0 Å². The Morgan fingerprint density at radius 3 is 2.25 bits per heavy atom. The number of hydrogen-bond donors (Lipinski definition) is 2. The van der Waals surface area contributed by atoms with Gasteiger partial charge >= 0.3 is 0 Å². The number of nitrogens with two attached hydrogens (primary N) is 1. The van der Waals surface area contributed by atoms with Crippen molar-refractivity contribution < 1.29 is 8.42 Å². The number of benzene rings is 1. The van der Waals surface area contributed by atoms with Gasteiger partial charge < -0.3 is 5.73 Å². The molecule has 1 rings (SSSR count). The highest BCUT2D eigenvalue weighted by Crippen LogP contribution is 2.26. The summed E-state index contributed by atoms with van der Waals surface area (Å²) < 4.78 is 27.9. The van der Waals surface area contributed by atoms with Crippen LogP contribution in [-0.2, 0) is 10.0 Å². The van der Waals surface area contributed by atoms with Crippen LogP contribution in [0.25, 0.3) is 0 Å². The summed E-state index contributed by atoms with van der Waals surface area (Å²) in [6, 6.07) is 3.39. The minimum absolute atomic E-state index is 0.102. The Morgan fingerprint density at radius 2 is 1.75 bits per heavy atom. The molecule has 0 heterocycles. The highest BCUT2D eigenvalue weighted by molar-refractivity contribution is 7.89. The van der Waals surface area contributed by atoms with Crippen molar-refractivity contribution in [3.63, 3.8) is 0 Å². The van der Waals surface area contributed by atoms with Crippen LogP contribution in [0.1, 0.15) is 44.7 Å². The first kappa shape index (κ1) is 17.0. The fourth-order valence-corrected chi connectivity index (χ4v) is 4.31. The third-order valence-electron chi connectivity index (χ3n) is 4.07. The Kier molecular flexibility index (Phi) is 5.59. The van der Waals surface area contributed by atoms with Crippen molar-refractivity contribution in [3.8, 4) is 0 Å². The third-order valence-corrected chi connectivity index (χ3v) is 5.83. The summed E-state index contributed by atoms with van der Waals surface area (Å²) in [5.41, 5.74) is 7.82. The normalized spacial score (nSPS) is 13.7. The molecule has 0 aliphatic rings. The third kappa shape index (κ3) is 3.52. The monoisotopic (exact) mass is 298 g/mol. The average molecular weight is 298 g/mol. The molecule has 0 radical (unpaired) electrons. The topological polar surface area (TPSA) is 72.2 Å². The van der Waals surface area contributed by atoms with Crippen LogP contribution in [0.3, 0.4) is 0 Å². The van der Waals surface area contributed by atoms with Crippen LogP contribution in [0.5, 0.6) is 0 Å². The molecule has 20 heavy (non-hydrogen) atoms. The summed E-state index contributed by atoms with van der Waals surface area (Å²) in [5, 5.41) is 0. The standard InChI is InChI=1S/C15H26N2O2S/c1-6-13(7-2)12(5)17-20(18,19)15-11(4)10(3)8-9-14(15)16/h8-9,12-13,17H,6-7,16H2,1-5H3. The second-order valence-corrected chi connectivity index (χ2v) is 7.06. The summed E-state index contributed by atoms with van der Waals surface area (Å²) in [4.78, 5) is 0.218. The molecule has 1 aromatic carbocycles. The molecule has 0 aliphatic heterocycles. The van der Waals surface area contributed by atoms with E-state index in [1.807, 2.05) is 19.9 Å². The summed E-state index contributed by atoms with van der Waals surface area (Å²) in [6.45, 7) is 9.74. The predicted octanol–water partition coefficient (Wildman–Crippen LogP) is 2.99. The van der Waals surface area contributed by atoms with Crippen molar-refractivity contribution >= 4 is 15.7 Å². The quantitative estimate of drug-likeness (QED) is 0.793. The van der Waals surface area contributed by atoms with Gasteiger partial charge in [-0.25, -0.2) is 13.1 Å². The lowest BCUT2D eigenvalue weighted by molar-refractivity contribution is 0.390. The molecule has 0 fully saturated rings. The van der Waals surface area contributed by atoms with E-state index in [-0.39, 0.29) is 10.9 Å². The number of sulfonamides is 1. The summed E-state index contributed by atoms with van der Waals surface area (Å²) >= 11 is 0. The van der Waals surface area contributed by atoms with Gasteiger partial charge in [0.25, 0.3) is 0 Å². The molecule has 1 aromatic rings. The molecular weight excluding hydrogens is 272 g/mol. The number of aryl methyl sites for hydroxylation is 1. The summed E-state index contributed by atoms with van der Waals surface area (Å²) in [7, 11) is -3.58. The summed E-state index contributed by atoms with van der Waals surface area (Å²) in [5.74, 6) is 0.330. The largest absolute Gasteiger partial charge is 0.398 e. The zero-order valence-corrected chi connectivity index (χ0v) is 13.8. The van der Waals surface area contributed by atoms with Crippen LogP contribution < -0.4 is 10.5 Å². The Bertz CT molecular complexity index is 563. The number of rotatable bonds is 6. The first-order valence-corrected chi connectivity index (χ1v) is 8.60. The van der Waals surface area contributed by atoms with Gasteiger partial charge in [-0.1, -0.05) is 32.8 Å². The fourth-order valence-electron chi connectivity index (χ4n) is 2.56. The van der Waals surface area contributed by atoms with Crippen molar-refractivity contribution in [3.05, 3.63) is 23.3 Å². The maximum Gasteiger partial charge on any atom is 0.243 e. The SMILES string of the molecule is CCC(CC)C(C)NS(=O)(=O)c1c(N)ccc(C)c1C. The summed E-state index contributed by atoms with van der Waals surface area (Å²) in [6.07, 6.45) is 1.89. The molecule has 0 spiro atoms. The maximum absolute atomic E-state index is 12.6. The van der Waals surface area contributed by atoms with Crippen molar-refractivity contribution in [2.75, 3.05) is 5.73 Å². The molecule has 0 aliphatic carbocycles. The molecule has 1 atom stereocenters. The minimum atomic E-state index is -3.58. The van der Waals surface area contributed by atoms with Gasteiger partial charge in [-0.05, 0) is 43.9 Å². The molecule has 0 saturated heterocycles. The van der Waals surface area contributed by atoms with Gasteiger partial charge in [-0.2, -0.15) is 0 Å². The van der Waals surface area contributed by atoms with Crippen LogP contribution in [0, 0.1) is 19.8 Å². The minimum Gasteiger partial charge on any atom is -0.398 e. The van der Waals surface area contributed by atoms with Gasteiger partial charge in [0.2, 0.25) is 10.0 Å². The van der Waals surface area contributed by atoms with E-state index in [1.54, 1.807) is 13.0 Å². The Balaban J connectivity index is 3.16. The highest BCUT2D eigenvalue weighted by atomic mass is 32.2. The second kappa shape index (κ2) is 6.59. The Labute approximate surface area is 122 Å². The second-order valence-electron chi connectivity index (χ2n) is 5.41. The molecule has 0 bridgehead atoms. The number of anilines is 1. The lowest BCUT2D eigenvalue weighted by Crippen LogP contribution is -2.38. The molecular formula is C15H26N2O2S. The predicted molar refractivity (Wildman–Crippen MR) is 84.2 cm³/mol. The maximum atomic E-state index is 12.6. The Morgan fingerprint density at radius 1 is 1.20 bits per heavy atom. The molecule has 5 heteroatoms. The number of nitrogen functional groups attached to an aromatic ring is 1. The van der Waals surface area contributed by atoms with E-state index in [0.29, 0.717) is 17.2 Å². The molecule has 114 valence electrons. The molecule has 3 N–H and O–H groups in total. The van der Waals surface area contributed by atoms with Gasteiger partial charge in [0.15, 0.2) is 0 Å². The van der Waals surface area contributed by atoms with Crippen molar-refractivity contribution in [2.24, 2.45) is 5.92 Å². The highest BCUT2D eigenvalue weighted by Gasteiger charge is 2.25. The zero-order valence-electron chi connectivity index (χ0n) is 13.0. The van der Waals surface area contributed by atoms with E-state index in [4.69, 9.17) is 5.73 Å². The van der Waals surface area contributed by atoms with Crippen LogP contribution in [-0.4, -0.2) is 14.5 Å². The zero-order chi connectivity index (χ0) is 15.5. The molecule has 4 nitrogen and oxygen atoms in total. The lowest BCUT2D eigenvalue weighted by atomic mass is 9.96. The van der Waals surface area contributed by atoms with Crippen LogP contribution >= 0.6 is 0 Å². The molecule has 1 unspecified atom stereocenters. The number of nitrogens with one attached hydrogen (secondary N) is 1. The van der Waals surface area contributed by atoms with Gasteiger partial charge in [0.05, 0.1) is 5.69 Å². The van der Waals surface area contributed by atoms with E-state index in [9.17, 15) is 8.42 Å².